The zero-order valence-corrected chi connectivity index (χ0v) is 13.4. The molecule has 0 aromatic carbocycles. The van der Waals surface area contributed by atoms with E-state index in [1.807, 2.05) is 6.92 Å². The van der Waals surface area contributed by atoms with E-state index >= 15 is 0 Å². The van der Waals surface area contributed by atoms with E-state index < -0.39 is 0 Å². The predicted octanol–water partition coefficient (Wildman–Crippen LogP) is 3.69. The molecule has 0 radical (unpaired) electrons. The van der Waals surface area contributed by atoms with Gasteiger partial charge in [0.1, 0.15) is 18.9 Å². The van der Waals surface area contributed by atoms with Gasteiger partial charge in [-0.25, -0.2) is 9.13 Å². The molecule has 1 atom stereocenters. The van der Waals surface area contributed by atoms with Gasteiger partial charge in [0.15, 0.2) is 0 Å². The maximum Gasteiger partial charge on any atom is 0.243 e. The lowest BCUT2D eigenvalue weighted by Gasteiger charge is -2.03. The molecule has 0 aliphatic carbocycles. The second-order valence-electron chi connectivity index (χ2n) is 5.89. The number of hydrogen-bond donors (Lipinski definition) is 1. The third-order valence-electron chi connectivity index (χ3n) is 3.91. The molecule has 0 aliphatic rings. The van der Waals surface area contributed by atoms with E-state index in [1.165, 1.54) is 51.4 Å². The van der Waals surface area contributed by atoms with Gasteiger partial charge in [-0.05, 0) is 19.3 Å². The SMILES string of the molecule is CCCCCCCCCCn1cc[n+](C[C@@H](O)CC)c1. The highest BCUT2D eigenvalue weighted by molar-refractivity contribution is 4.66. The Kier molecular flexibility index (Phi) is 9.38. The highest BCUT2D eigenvalue weighted by atomic mass is 16.3. The summed E-state index contributed by atoms with van der Waals surface area (Å²) in [5.41, 5.74) is 0. The van der Waals surface area contributed by atoms with Gasteiger partial charge in [0.05, 0.1) is 12.6 Å². The summed E-state index contributed by atoms with van der Waals surface area (Å²) in [6, 6.07) is 0. The summed E-state index contributed by atoms with van der Waals surface area (Å²) in [7, 11) is 0. The van der Waals surface area contributed by atoms with Crippen molar-refractivity contribution in [2.75, 3.05) is 0 Å². The summed E-state index contributed by atoms with van der Waals surface area (Å²) in [5.74, 6) is 0. The van der Waals surface area contributed by atoms with Crippen molar-refractivity contribution in [2.24, 2.45) is 0 Å². The van der Waals surface area contributed by atoms with Crippen molar-refractivity contribution in [1.29, 1.82) is 0 Å². The van der Waals surface area contributed by atoms with Crippen LogP contribution in [0.25, 0.3) is 0 Å². The van der Waals surface area contributed by atoms with Crippen LogP contribution in [0, 0.1) is 0 Å². The fourth-order valence-electron chi connectivity index (χ4n) is 2.48. The minimum Gasteiger partial charge on any atom is -0.389 e. The van der Waals surface area contributed by atoms with Crippen molar-refractivity contribution in [3.05, 3.63) is 18.7 Å². The van der Waals surface area contributed by atoms with Gasteiger partial charge in [0, 0.05) is 0 Å². The highest BCUT2D eigenvalue weighted by Crippen LogP contribution is 2.08. The van der Waals surface area contributed by atoms with Gasteiger partial charge in [-0.2, -0.15) is 0 Å². The van der Waals surface area contributed by atoms with Crippen LogP contribution < -0.4 is 4.57 Å². The molecular weight excluding hydrogens is 248 g/mol. The second kappa shape index (κ2) is 10.9. The van der Waals surface area contributed by atoms with Crippen molar-refractivity contribution >= 4 is 0 Å². The number of aromatic nitrogens is 2. The molecule has 0 spiro atoms. The Labute approximate surface area is 124 Å². The molecule has 1 heterocycles. The maximum atomic E-state index is 9.63. The lowest BCUT2D eigenvalue weighted by atomic mass is 10.1. The van der Waals surface area contributed by atoms with E-state index in [-0.39, 0.29) is 6.10 Å². The Bertz CT molecular complexity index is 335. The maximum absolute atomic E-state index is 9.63. The average molecular weight is 281 g/mol. The predicted molar refractivity (Wildman–Crippen MR) is 83.5 cm³/mol. The molecule has 1 aromatic heterocycles. The third-order valence-corrected chi connectivity index (χ3v) is 3.91. The lowest BCUT2D eigenvalue weighted by molar-refractivity contribution is -0.703. The Morgan fingerprint density at radius 2 is 1.65 bits per heavy atom. The van der Waals surface area contributed by atoms with Crippen molar-refractivity contribution in [3.63, 3.8) is 0 Å². The second-order valence-corrected chi connectivity index (χ2v) is 5.89. The molecule has 0 saturated heterocycles. The lowest BCUT2D eigenvalue weighted by Crippen LogP contribution is -2.37. The van der Waals surface area contributed by atoms with Gasteiger partial charge >= 0.3 is 0 Å². The van der Waals surface area contributed by atoms with Crippen LogP contribution in [0.3, 0.4) is 0 Å². The van der Waals surface area contributed by atoms with Gasteiger partial charge in [0.25, 0.3) is 0 Å². The molecule has 0 saturated carbocycles. The standard InChI is InChI=1S/C17H33N2O/c1-3-5-6-7-8-9-10-11-12-18-13-14-19(16-18)15-17(20)4-2/h13-14,16-17,20H,3-12,15H2,1-2H3/q+1/t17-/m0/s1. The molecule has 116 valence electrons. The number of hydrogen-bond acceptors (Lipinski definition) is 1. The molecule has 20 heavy (non-hydrogen) atoms. The number of imidazole rings is 1. The quantitative estimate of drug-likeness (QED) is 0.459. The van der Waals surface area contributed by atoms with Gasteiger partial charge in [-0.3, -0.25) is 0 Å². The van der Waals surface area contributed by atoms with Gasteiger partial charge in [-0.1, -0.05) is 52.4 Å². The molecule has 0 aliphatic heterocycles. The van der Waals surface area contributed by atoms with Gasteiger partial charge < -0.3 is 5.11 Å². The number of rotatable bonds is 12. The Hall–Kier alpha value is -0.830. The number of nitrogens with zero attached hydrogens (tertiary/aromatic N) is 2. The van der Waals surface area contributed by atoms with Crippen molar-refractivity contribution < 1.29 is 9.67 Å². The van der Waals surface area contributed by atoms with Crippen LogP contribution in [0.2, 0.25) is 0 Å². The van der Waals surface area contributed by atoms with Crippen molar-refractivity contribution in [1.82, 2.24) is 4.57 Å². The molecule has 3 nitrogen and oxygen atoms in total. The average Bonchev–Trinajstić information content (AvgIpc) is 2.89. The van der Waals surface area contributed by atoms with Crippen LogP contribution in [0.1, 0.15) is 71.6 Å². The number of aliphatic hydroxyl groups is 1. The first-order valence-electron chi connectivity index (χ1n) is 8.49. The third kappa shape index (κ3) is 7.68. The summed E-state index contributed by atoms with van der Waals surface area (Å²) in [6.45, 7) is 6.09. The summed E-state index contributed by atoms with van der Waals surface area (Å²) in [6.07, 6.45) is 17.8. The molecule has 0 amide bonds. The smallest absolute Gasteiger partial charge is 0.243 e. The molecule has 1 rings (SSSR count). The molecule has 1 aromatic rings. The van der Waals surface area contributed by atoms with Crippen LogP contribution in [-0.2, 0) is 13.1 Å². The highest BCUT2D eigenvalue weighted by Gasteiger charge is 2.08. The summed E-state index contributed by atoms with van der Waals surface area (Å²) < 4.78 is 4.32. The van der Waals surface area contributed by atoms with E-state index in [0.717, 1.165) is 13.0 Å². The Morgan fingerprint density at radius 3 is 2.30 bits per heavy atom. The summed E-state index contributed by atoms with van der Waals surface area (Å²) in [4.78, 5) is 0. The minimum absolute atomic E-state index is 0.223. The van der Waals surface area contributed by atoms with Crippen LogP contribution in [-0.4, -0.2) is 15.8 Å². The van der Waals surface area contributed by atoms with E-state index in [4.69, 9.17) is 0 Å². The molecule has 0 unspecified atom stereocenters. The fourth-order valence-corrected chi connectivity index (χ4v) is 2.48. The number of unbranched alkanes of at least 4 members (excludes halogenated alkanes) is 7. The minimum atomic E-state index is -0.223. The molecule has 3 heteroatoms. The first kappa shape index (κ1) is 17.2. The largest absolute Gasteiger partial charge is 0.389 e. The molecule has 1 N–H and O–H groups in total. The molecule has 0 fully saturated rings. The molecular formula is C17H33N2O+. The topological polar surface area (TPSA) is 29.0 Å². The van der Waals surface area contributed by atoms with Crippen LogP contribution >= 0.6 is 0 Å². The summed E-state index contributed by atoms with van der Waals surface area (Å²) in [5, 5.41) is 9.63. The zero-order chi connectivity index (χ0) is 14.6. The Balaban J connectivity index is 2.04. The first-order valence-corrected chi connectivity index (χ1v) is 8.49. The first-order chi connectivity index (χ1) is 9.76. The fraction of sp³-hybridized carbons (Fsp3) is 0.824. The number of aryl methyl sites for hydroxylation is 1. The monoisotopic (exact) mass is 281 g/mol. The number of aliphatic hydroxyl groups excluding tert-OH is 1. The van der Waals surface area contributed by atoms with E-state index in [2.05, 4.69) is 34.8 Å². The zero-order valence-electron chi connectivity index (χ0n) is 13.4. The summed E-state index contributed by atoms with van der Waals surface area (Å²) >= 11 is 0. The van der Waals surface area contributed by atoms with E-state index in [1.54, 1.807) is 0 Å². The molecule has 0 bridgehead atoms. The van der Waals surface area contributed by atoms with Crippen LogP contribution in [0.4, 0.5) is 0 Å². The Morgan fingerprint density at radius 1 is 1.00 bits per heavy atom. The normalized spacial score (nSPS) is 12.8. The van der Waals surface area contributed by atoms with E-state index in [0.29, 0.717) is 6.54 Å². The van der Waals surface area contributed by atoms with E-state index in [9.17, 15) is 5.11 Å². The van der Waals surface area contributed by atoms with Gasteiger partial charge in [-0.15, -0.1) is 0 Å². The van der Waals surface area contributed by atoms with Crippen LogP contribution in [0.5, 0.6) is 0 Å². The van der Waals surface area contributed by atoms with Crippen molar-refractivity contribution in [2.45, 2.75) is 90.8 Å². The van der Waals surface area contributed by atoms with Gasteiger partial charge in [0.2, 0.25) is 6.33 Å². The van der Waals surface area contributed by atoms with Crippen molar-refractivity contribution in [3.8, 4) is 0 Å². The van der Waals surface area contributed by atoms with Crippen LogP contribution in [0.15, 0.2) is 18.7 Å².